The lowest BCUT2D eigenvalue weighted by molar-refractivity contribution is 0.0639. The van der Waals surface area contributed by atoms with Crippen molar-refractivity contribution in [2.45, 2.75) is 25.0 Å². The van der Waals surface area contributed by atoms with Crippen LogP contribution in [0.15, 0.2) is 18.2 Å². The normalized spacial score (nSPS) is 17.5. The minimum Gasteiger partial charge on any atom is -0.491 e. The second kappa shape index (κ2) is 9.03. The van der Waals surface area contributed by atoms with E-state index in [0.717, 1.165) is 0 Å². The fourth-order valence-corrected chi connectivity index (χ4v) is 2.53. The van der Waals surface area contributed by atoms with Crippen molar-refractivity contribution in [1.82, 2.24) is 15.8 Å². The van der Waals surface area contributed by atoms with E-state index < -0.39 is 18.0 Å². The number of hydrazine groups is 1. The Morgan fingerprint density at radius 1 is 1.46 bits per heavy atom. The highest BCUT2D eigenvalue weighted by atomic mass is 35.5. The number of aliphatic hydroxyl groups is 1. The molecule has 0 spiro atoms. The van der Waals surface area contributed by atoms with E-state index in [1.165, 1.54) is 18.2 Å². The van der Waals surface area contributed by atoms with E-state index in [0.29, 0.717) is 31.7 Å². The van der Waals surface area contributed by atoms with Crippen molar-refractivity contribution in [3.05, 3.63) is 29.0 Å². The van der Waals surface area contributed by atoms with Crippen molar-refractivity contribution in [3.63, 3.8) is 0 Å². The second-order valence-corrected chi connectivity index (χ2v) is 6.02. The maximum Gasteiger partial charge on any atom is 0.404 e. The van der Waals surface area contributed by atoms with Gasteiger partial charge >= 0.3 is 6.09 Å². The van der Waals surface area contributed by atoms with Gasteiger partial charge in [0.05, 0.1) is 5.02 Å². The zero-order chi connectivity index (χ0) is 17.5. The van der Waals surface area contributed by atoms with Gasteiger partial charge < -0.3 is 20.3 Å². The highest BCUT2D eigenvalue weighted by Crippen LogP contribution is 2.20. The minimum atomic E-state index is -1.01. The minimum absolute atomic E-state index is 0.0188. The van der Waals surface area contributed by atoms with E-state index >= 15 is 0 Å². The first-order valence-corrected chi connectivity index (χ1v) is 8.05. The predicted molar refractivity (Wildman–Crippen MR) is 86.7 cm³/mol. The third-order valence-electron chi connectivity index (χ3n) is 3.71. The highest BCUT2D eigenvalue weighted by Gasteiger charge is 2.20. The maximum atomic E-state index is 13.3. The van der Waals surface area contributed by atoms with Crippen LogP contribution in [0.25, 0.3) is 0 Å². The van der Waals surface area contributed by atoms with Gasteiger partial charge in [-0.3, -0.25) is 5.43 Å². The summed E-state index contributed by atoms with van der Waals surface area (Å²) >= 11 is 5.58. The number of nitrogens with one attached hydrogen (secondary N) is 2. The number of hydrogen-bond acceptors (Lipinski definition) is 5. The summed E-state index contributed by atoms with van der Waals surface area (Å²) in [4.78, 5) is 10.6. The van der Waals surface area contributed by atoms with Crippen LogP contribution >= 0.6 is 11.6 Å². The smallest absolute Gasteiger partial charge is 0.404 e. The summed E-state index contributed by atoms with van der Waals surface area (Å²) in [5.41, 5.74) is 3.08. The van der Waals surface area contributed by atoms with Crippen LogP contribution in [-0.2, 0) is 0 Å². The van der Waals surface area contributed by atoms with Gasteiger partial charge in [-0.25, -0.2) is 14.2 Å². The Hall–Kier alpha value is -1.61. The predicted octanol–water partition coefficient (Wildman–Crippen LogP) is 1.46. The van der Waals surface area contributed by atoms with Crippen molar-refractivity contribution in [2.75, 3.05) is 26.2 Å². The summed E-state index contributed by atoms with van der Waals surface area (Å²) in [6.07, 6.45) is -0.363. The molecular weight excluding hydrogens is 341 g/mol. The van der Waals surface area contributed by atoms with Crippen LogP contribution < -0.4 is 15.5 Å². The van der Waals surface area contributed by atoms with Crippen molar-refractivity contribution in [2.24, 2.45) is 0 Å². The summed E-state index contributed by atoms with van der Waals surface area (Å²) in [7, 11) is 0. The van der Waals surface area contributed by atoms with Crippen LogP contribution in [0.4, 0.5) is 9.18 Å². The molecule has 1 heterocycles. The van der Waals surface area contributed by atoms with Crippen molar-refractivity contribution in [1.29, 1.82) is 0 Å². The number of ether oxygens (including phenoxy) is 1. The molecule has 1 saturated heterocycles. The molecule has 7 nitrogen and oxygen atoms in total. The molecule has 0 radical (unpaired) electrons. The lowest BCUT2D eigenvalue weighted by Crippen LogP contribution is -2.51. The SMILES string of the molecule is O=C(O)NC1CCN(NCC(O)COc2ccc(Cl)c(F)c2)CC1. The molecule has 1 amide bonds. The van der Waals surface area contributed by atoms with E-state index in [-0.39, 0.29) is 24.2 Å². The van der Waals surface area contributed by atoms with Crippen molar-refractivity contribution in [3.8, 4) is 5.75 Å². The van der Waals surface area contributed by atoms with Gasteiger partial charge in [-0.2, -0.15) is 0 Å². The molecule has 2 rings (SSSR count). The standard InChI is InChI=1S/C15H21ClFN3O4/c16-13-2-1-12(7-14(13)17)24-9-11(21)8-18-20-5-3-10(4-6-20)19-15(22)23/h1-2,7,10-11,18-19,21H,3-6,8-9H2,(H,22,23). The fourth-order valence-electron chi connectivity index (χ4n) is 2.41. The van der Waals surface area contributed by atoms with Gasteiger partial charge in [0.25, 0.3) is 0 Å². The van der Waals surface area contributed by atoms with E-state index in [4.69, 9.17) is 21.4 Å². The molecule has 0 aromatic heterocycles. The fraction of sp³-hybridized carbons (Fsp3) is 0.533. The van der Waals surface area contributed by atoms with Crippen LogP contribution in [0.5, 0.6) is 5.75 Å². The van der Waals surface area contributed by atoms with E-state index in [9.17, 15) is 14.3 Å². The number of carboxylic acid groups (broad SMARTS) is 1. The van der Waals surface area contributed by atoms with Gasteiger partial charge in [0.1, 0.15) is 24.3 Å². The largest absolute Gasteiger partial charge is 0.491 e. The average molecular weight is 362 g/mol. The van der Waals surface area contributed by atoms with Gasteiger partial charge in [0.2, 0.25) is 0 Å². The molecule has 1 aliphatic rings. The molecule has 24 heavy (non-hydrogen) atoms. The van der Waals surface area contributed by atoms with Crippen molar-refractivity contribution >= 4 is 17.7 Å². The van der Waals surface area contributed by atoms with Crippen molar-refractivity contribution < 1.29 is 24.1 Å². The lowest BCUT2D eigenvalue weighted by Gasteiger charge is -2.32. The molecule has 1 atom stereocenters. The number of nitrogens with zero attached hydrogens (tertiary/aromatic N) is 1. The van der Waals surface area contributed by atoms with Gasteiger partial charge in [0, 0.05) is 31.7 Å². The number of benzene rings is 1. The van der Waals surface area contributed by atoms with E-state index in [1.54, 1.807) is 0 Å². The topological polar surface area (TPSA) is 94.1 Å². The first kappa shape index (κ1) is 18.7. The summed E-state index contributed by atoms with van der Waals surface area (Å²) in [6.45, 7) is 1.67. The number of hydrogen-bond donors (Lipinski definition) is 4. The first-order chi connectivity index (χ1) is 11.4. The van der Waals surface area contributed by atoms with E-state index in [1.807, 2.05) is 5.01 Å². The number of halogens is 2. The molecule has 9 heteroatoms. The van der Waals surface area contributed by atoms with Crippen LogP contribution in [0.3, 0.4) is 0 Å². The van der Waals surface area contributed by atoms with Gasteiger partial charge in [-0.15, -0.1) is 0 Å². The zero-order valence-corrected chi connectivity index (χ0v) is 13.8. The number of aliphatic hydroxyl groups excluding tert-OH is 1. The van der Waals surface area contributed by atoms with Crippen LogP contribution in [0.2, 0.25) is 5.02 Å². The molecule has 1 aliphatic heterocycles. The van der Waals surface area contributed by atoms with E-state index in [2.05, 4.69) is 10.7 Å². The monoisotopic (exact) mass is 361 g/mol. The zero-order valence-electron chi connectivity index (χ0n) is 13.0. The van der Waals surface area contributed by atoms with Crippen LogP contribution in [-0.4, -0.2) is 59.7 Å². The Morgan fingerprint density at radius 3 is 2.79 bits per heavy atom. The van der Waals surface area contributed by atoms with Gasteiger partial charge in [-0.1, -0.05) is 11.6 Å². The first-order valence-electron chi connectivity index (χ1n) is 7.68. The third-order valence-corrected chi connectivity index (χ3v) is 4.01. The van der Waals surface area contributed by atoms with Gasteiger partial charge in [-0.05, 0) is 25.0 Å². The summed E-state index contributed by atoms with van der Waals surface area (Å²) in [5, 5.41) is 23.0. The van der Waals surface area contributed by atoms with Gasteiger partial charge in [0.15, 0.2) is 0 Å². The summed E-state index contributed by atoms with van der Waals surface area (Å²) in [5.74, 6) is -0.267. The molecule has 1 fully saturated rings. The Kier molecular flexibility index (Phi) is 7.04. The van der Waals surface area contributed by atoms with Crippen LogP contribution in [0, 0.1) is 5.82 Å². The number of carbonyl (C=O) groups is 1. The molecule has 0 bridgehead atoms. The third kappa shape index (κ3) is 6.12. The molecule has 134 valence electrons. The Labute approximate surface area is 144 Å². The molecular formula is C15H21ClFN3O4. The Bertz CT molecular complexity index is 556. The molecule has 4 N–H and O–H groups in total. The number of piperidine rings is 1. The number of amides is 1. The highest BCUT2D eigenvalue weighted by molar-refractivity contribution is 6.30. The second-order valence-electron chi connectivity index (χ2n) is 5.61. The number of rotatable bonds is 7. The Morgan fingerprint density at radius 2 is 2.17 bits per heavy atom. The summed E-state index contributed by atoms with van der Waals surface area (Å²) < 4.78 is 18.6. The Balaban J connectivity index is 1.64. The maximum absolute atomic E-state index is 13.3. The molecule has 1 aromatic rings. The van der Waals surface area contributed by atoms with Crippen LogP contribution in [0.1, 0.15) is 12.8 Å². The molecule has 1 unspecified atom stereocenters. The average Bonchev–Trinajstić information content (AvgIpc) is 2.55. The quantitative estimate of drug-likeness (QED) is 0.587. The molecule has 0 saturated carbocycles. The lowest BCUT2D eigenvalue weighted by atomic mass is 10.1. The molecule has 0 aliphatic carbocycles. The molecule has 1 aromatic carbocycles. The summed E-state index contributed by atoms with van der Waals surface area (Å²) in [6, 6.07) is 4.06.